The van der Waals surface area contributed by atoms with E-state index in [1.54, 1.807) is 12.1 Å². The third kappa shape index (κ3) is 3.87. The van der Waals surface area contributed by atoms with E-state index in [1.165, 1.54) is 12.1 Å². The van der Waals surface area contributed by atoms with Gasteiger partial charge in [-0.1, -0.05) is 6.07 Å². The number of piperidine rings is 1. The Labute approximate surface area is 143 Å². The number of carbonyl (C=O) groups excluding carboxylic acids is 1. The maximum atomic E-state index is 12.7. The standard InChI is InChI=1S/C16H22N2O3S.ClH/c1-22(20,21)14-4-2-3-13(11-14)15(19)18-10-7-16(12-18)5-8-17-9-6-16;/h2-4,11,17H,5-10,12H2,1H3;1H. The summed E-state index contributed by atoms with van der Waals surface area (Å²) in [6.45, 7) is 3.59. The van der Waals surface area contributed by atoms with Gasteiger partial charge in [-0.25, -0.2) is 8.42 Å². The quantitative estimate of drug-likeness (QED) is 0.874. The maximum Gasteiger partial charge on any atom is 0.253 e. The first kappa shape index (κ1) is 18.2. The number of carbonyl (C=O) groups is 1. The number of sulfone groups is 1. The number of halogens is 1. The summed E-state index contributed by atoms with van der Waals surface area (Å²) in [5.74, 6) is -0.0547. The van der Waals surface area contributed by atoms with Gasteiger partial charge in [0, 0.05) is 24.9 Å². The van der Waals surface area contributed by atoms with Gasteiger partial charge in [0.15, 0.2) is 9.84 Å². The molecule has 1 spiro atoms. The lowest BCUT2D eigenvalue weighted by Crippen LogP contribution is -2.39. The average Bonchev–Trinajstić information content (AvgIpc) is 2.90. The molecule has 0 unspecified atom stereocenters. The van der Waals surface area contributed by atoms with Crippen LogP contribution < -0.4 is 5.32 Å². The van der Waals surface area contributed by atoms with Gasteiger partial charge in [-0.15, -0.1) is 12.4 Å². The van der Waals surface area contributed by atoms with E-state index in [9.17, 15) is 13.2 Å². The van der Waals surface area contributed by atoms with Gasteiger partial charge in [0.25, 0.3) is 5.91 Å². The third-order valence-corrected chi connectivity index (χ3v) is 6.01. The summed E-state index contributed by atoms with van der Waals surface area (Å²) >= 11 is 0. The lowest BCUT2D eigenvalue weighted by molar-refractivity contribution is 0.0761. The van der Waals surface area contributed by atoms with Crippen LogP contribution in [-0.4, -0.2) is 51.7 Å². The third-order valence-electron chi connectivity index (χ3n) is 4.90. The highest BCUT2D eigenvalue weighted by Crippen LogP contribution is 2.39. The van der Waals surface area contributed by atoms with Crippen LogP contribution in [0, 0.1) is 5.41 Å². The minimum Gasteiger partial charge on any atom is -0.338 e. The summed E-state index contributed by atoms with van der Waals surface area (Å²) in [6.07, 6.45) is 4.43. The van der Waals surface area contributed by atoms with Crippen molar-refractivity contribution in [1.29, 1.82) is 0 Å². The zero-order chi connectivity index (χ0) is 15.8. The molecule has 0 saturated carbocycles. The highest BCUT2D eigenvalue weighted by Gasteiger charge is 2.40. The highest BCUT2D eigenvalue weighted by molar-refractivity contribution is 7.90. The van der Waals surface area contributed by atoms with E-state index in [1.807, 2.05) is 4.90 Å². The molecule has 128 valence electrons. The minimum absolute atomic E-state index is 0. The Bertz CT molecular complexity index is 684. The second-order valence-corrected chi connectivity index (χ2v) is 8.54. The maximum absolute atomic E-state index is 12.7. The number of hydrogen-bond donors (Lipinski definition) is 1. The number of nitrogens with one attached hydrogen (secondary N) is 1. The van der Waals surface area contributed by atoms with Gasteiger partial charge in [0.1, 0.15) is 0 Å². The topological polar surface area (TPSA) is 66.5 Å². The Hall–Kier alpha value is -1.11. The van der Waals surface area contributed by atoms with Crippen LogP contribution in [0.1, 0.15) is 29.6 Å². The SMILES string of the molecule is CS(=O)(=O)c1cccc(C(=O)N2CCC3(CCNCC3)C2)c1.Cl. The number of rotatable bonds is 2. The molecule has 0 radical (unpaired) electrons. The van der Waals surface area contributed by atoms with Crippen molar-refractivity contribution in [1.82, 2.24) is 10.2 Å². The molecular formula is C16H23ClN2O3S. The molecule has 3 rings (SSSR count). The van der Waals surface area contributed by atoms with Gasteiger partial charge in [-0.05, 0) is 56.0 Å². The number of likely N-dealkylation sites (tertiary alicyclic amines) is 1. The van der Waals surface area contributed by atoms with Crippen molar-refractivity contribution in [3.8, 4) is 0 Å². The second-order valence-electron chi connectivity index (χ2n) is 6.53. The van der Waals surface area contributed by atoms with Gasteiger partial charge in [0.05, 0.1) is 4.90 Å². The monoisotopic (exact) mass is 358 g/mol. The molecular weight excluding hydrogens is 336 g/mol. The molecule has 0 aromatic heterocycles. The largest absolute Gasteiger partial charge is 0.338 e. The lowest BCUT2D eigenvalue weighted by Gasteiger charge is -2.33. The van der Waals surface area contributed by atoms with Gasteiger partial charge < -0.3 is 10.2 Å². The number of nitrogens with zero attached hydrogens (tertiary/aromatic N) is 1. The van der Waals surface area contributed by atoms with E-state index in [2.05, 4.69) is 5.32 Å². The van der Waals surface area contributed by atoms with Crippen LogP contribution in [0.25, 0.3) is 0 Å². The molecule has 2 aliphatic rings. The van der Waals surface area contributed by atoms with Gasteiger partial charge >= 0.3 is 0 Å². The van der Waals surface area contributed by atoms with Crippen molar-refractivity contribution in [3.63, 3.8) is 0 Å². The summed E-state index contributed by atoms with van der Waals surface area (Å²) in [5, 5.41) is 3.37. The highest BCUT2D eigenvalue weighted by atomic mass is 35.5. The van der Waals surface area contributed by atoms with E-state index in [0.717, 1.165) is 51.7 Å². The van der Waals surface area contributed by atoms with Crippen LogP contribution in [0.5, 0.6) is 0 Å². The zero-order valence-electron chi connectivity index (χ0n) is 13.2. The van der Waals surface area contributed by atoms with Crippen LogP contribution in [0.4, 0.5) is 0 Å². The van der Waals surface area contributed by atoms with Crippen molar-refractivity contribution in [2.24, 2.45) is 5.41 Å². The molecule has 7 heteroatoms. The van der Waals surface area contributed by atoms with E-state index in [4.69, 9.17) is 0 Å². The summed E-state index contributed by atoms with van der Waals surface area (Å²) in [7, 11) is -3.29. The van der Waals surface area contributed by atoms with Crippen molar-refractivity contribution in [2.45, 2.75) is 24.2 Å². The normalized spacial score (nSPS) is 20.3. The summed E-state index contributed by atoms with van der Waals surface area (Å²) in [6, 6.07) is 6.36. The smallest absolute Gasteiger partial charge is 0.253 e. The Morgan fingerprint density at radius 2 is 1.91 bits per heavy atom. The van der Waals surface area contributed by atoms with Gasteiger partial charge in [-0.2, -0.15) is 0 Å². The second kappa shape index (κ2) is 6.79. The number of amides is 1. The van der Waals surface area contributed by atoms with Crippen LogP contribution in [0.15, 0.2) is 29.2 Å². The molecule has 2 fully saturated rings. The first-order valence-electron chi connectivity index (χ1n) is 7.70. The molecule has 23 heavy (non-hydrogen) atoms. The minimum atomic E-state index is -3.29. The van der Waals surface area contributed by atoms with Gasteiger partial charge in [-0.3, -0.25) is 4.79 Å². The van der Waals surface area contributed by atoms with Crippen molar-refractivity contribution in [2.75, 3.05) is 32.4 Å². The molecule has 2 aliphatic heterocycles. The van der Waals surface area contributed by atoms with Crippen molar-refractivity contribution in [3.05, 3.63) is 29.8 Å². The van der Waals surface area contributed by atoms with Crippen molar-refractivity contribution < 1.29 is 13.2 Å². The Morgan fingerprint density at radius 3 is 2.57 bits per heavy atom. The lowest BCUT2D eigenvalue weighted by atomic mass is 9.78. The molecule has 1 aromatic rings. The number of hydrogen-bond acceptors (Lipinski definition) is 4. The Balaban J connectivity index is 0.00000192. The molecule has 0 bridgehead atoms. The van der Waals surface area contributed by atoms with Crippen LogP contribution >= 0.6 is 12.4 Å². The first-order chi connectivity index (χ1) is 10.4. The average molecular weight is 359 g/mol. The molecule has 1 amide bonds. The first-order valence-corrected chi connectivity index (χ1v) is 9.59. The molecule has 1 aromatic carbocycles. The van der Waals surface area contributed by atoms with Crippen LogP contribution in [-0.2, 0) is 9.84 Å². The molecule has 5 nitrogen and oxygen atoms in total. The summed E-state index contributed by atoms with van der Waals surface area (Å²) in [4.78, 5) is 14.8. The van der Waals surface area contributed by atoms with E-state index in [-0.39, 0.29) is 28.6 Å². The Kier molecular flexibility index (Phi) is 5.38. The Morgan fingerprint density at radius 1 is 1.22 bits per heavy atom. The van der Waals surface area contributed by atoms with Gasteiger partial charge in [0.2, 0.25) is 0 Å². The zero-order valence-corrected chi connectivity index (χ0v) is 14.9. The number of benzene rings is 1. The fourth-order valence-corrected chi connectivity index (χ4v) is 4.18. The van der Waals surface area contributed by atoms with Crippen LogP contribution in [0.2, 0.25) is 0 Å². The van der Waals surface area contributed by atoms with Crippen LogP contribution in [0.3, 0.4) is 0 Å². The molecule has 2 saturated heterocycles. The molecule has 0 atom stereocenters. The molecule has 1 N–H and O–H groups in total. The molecule has 0 aliphatic carbocycles. The fourth-order valence-electron chi connectivity index (χ4n) is 3.52. The molecule has 2 heterocycles. The fraction of sp³-hybridized carbons (Fsp3) is 0.562. The predicted octanol–water partition coefficient (Wildman–Crippen LogP) is 1.73. The van der Waals surface area contributed by atoms with Crippen molar-refractivity contribution >= 4 is 28.2 Å². The summed E-state index contributed by atoms with van der Waals surface area (Å²) in [5.41, 5.74) is 0.726. The van der Waals surface area contributed by atoms with E-state index in [0.29, 0.717) is 5.56 Å². The van der Waals surface area contributed by atoms with E-state index >= 15 is 0 Å². The predicted molar refractivity (Wildman–Crippen MR) is 91.9 cm³/mol. The van der Waals surface area contributed by atoms with E-state index < -0.39 is 9.84 Å². The summed E-state index contributed by atoms with van der Waals surface area (Å²) < 4.78 is 23.3.